The Labute approximate surface area is 224 Å². The highest BCUT2D eigenvalue weighted by Crippen LogP contribution is 2.20. The Hall–Kier alpha value is -3.37. The number of unbranched alkanes of at least 4 members (excludes halogenated alkanes) is 1. The number of nitrogens with zero attached hydrogens (tertiary/aromatic N) is 2. The summed E-state index contributed by atoms with van der Waals surface area (Å²) >= 11 is 0. The summed E-state index contributed by atoms with van der Waals surface area (Å²) in [7, 11) is 0. The van der Waals surface area contributed by atoms with Gasteiger partial charge in [-0.05, 0) is 68.8 Å². The van der Waals surface area contributed by atoms with Crippen molar-refractivity contribution in [2.24, 2.45) is 0 Å². The molecule has 0 radical (unpaired) electrons. The number of anilines is 1. The Morgan fingerprint density at radius 2 is 1.97 bits per heavy atom. The molecule has 10 heteroatoms. The number of carbonyl (C=O) groups is 2. The van der Waals surface area contributed by atoms with E-state index in [0.29, 0.717) is 39.3 Å². The van der Waals surface area contributed by atoms with Crippen LogP contribution in [0.15, 0.2) is 42.5 Å². The van der Waals surface area contributed by atoms with E-state index < -0.39 is 18.0 Å². The van der Waals surface area contributed by atoms with Gasteiger partial charge in [-0.25, -0.2) is 14.6 Å². The maximum Gasteiger partial charge on any atom is 0.326 e. The van der Waals surface area contributed by atoms with Gasteiger partial charge in [-0.3, -0.25) is 4.90 Å². The van der Waals surface area contributed by atoms with E-state index in [0.717, 1.165) is 62.5 Å². The highest BCUT2D eigenvalue weighted by molar-refractivity contribution is 5.82. The molecule has 2 amide bonds. The van der Waals surface area contributed by atoms with Gasteiger partial charge in [0.15, 0.2) is 0 Å². The molecule has 1 aromatic heterocycles. The number of rotatable bonds is 15. The van der Waals surface area contributed by atoms with Gasteiger partial charge in [-0.1, -0.05) is 24.3 Å². The average Bonchev–Trinajstić information content (AvgIpc) is 2.91. The summed E-state index contributed by atoms with van der Waals surface area (Å²) in [6.07, 6.45) is 5.36. The number of pyridine rings is 1. The molecule has 2 aliphatic heterocycles. The number of carboxylic acid groups (broad SMARTS) is 1. The van der Waals surface area contributed by atoms with E-state index >= 15 is 0 Å². The topological polar surface area (TPSA) is 125 Å². The van der Waals surface area contributed by atoms with E-state index in [-0.39, 0.29) is 6.04 Å². The molecule has 0 unspecified atom stereocenters. The van der Waals surface area contributed by atoms with E-state index in [2.05, 4.69) is 33.0 Å². The number of hydrogen-bond acceptors (Lipinski definition) is 7. The van der Waals surface area contributed by atoms with Crippen LogP contribution in [0.1, 0.15) is 36.9 Å². The average molecular weight is 526 g/mol. The van der Waals surface area contributed by atoms with Crippen LogP contribution < -0.4 is 20.7 Å². The number of ether oxygens (including phenoxy) is 2. The maximum atomic E-state index is 12.2. The monoisotopic (exact) mass is 525 g/mol. The van der Waals surface area contributed by atoms with Crippen molar-refractivity contribution >= 4 is 17.8 Å². The largest absolute Gasteiger partial charge is 0.492 e. The zero-order valence-electron chi connectivity index (χ0n) is 21.9. The summed E-state index contributed by atoms with van der Waals surface area (Å²) in [6.45, 7) is 4.38. The van der Waals surface area contributed by atoms with E-state index in [1.165, 1.54) is 5.56 Å². The SMILES string of the molecule is O=C(NC1COC1)N[C@@H](CCN(CCCCc1ccc2c(n1)NCCC2)CCOc1ccccc1)C(=O)O. The normalized spacial score (nSPS) is 15.6. The minimum absolute atomic E-state index is 0.0588. The second-order valence-electron chi connectivity index (χ2n) is 9.83. The van der Waals surface area contributed by atoms with E-state index in [1.54, 1.807) is 0 Å². The zero-order chi connectivity index (χ0) is 26.6. The molecule has 3 heterocycles. The molecule has 10 nitrogen and oxygen atoms in total. The van der Waals surface area contributed by atoms with Crippen molar-refractivity contribution in [1.29, 1.82) is 0 Å². The third-order valence-electron chi connectivity index (χ3n) is 6.84. The summed E-state index contributed by atoms with van der Waals surface area (Å²) in [5.41, 5.74) is 2.39. The number of hydrogen-bond donors (Lipinski definition) is 4. The lowest BCUT2D eigenvalue weighted by molar-refractivity contribution is -0.139. The number of carbonyl (C=O) groups excluding carboxylic acids is 1. The first-order chi connectivity index (χ1) is 18.6. The fourth-order valence-corrected chi connectivity index (χ4v) is 4.57. The maximum absolute atomic E-state index is 12.2. The third-order valence-corrected chi connectivity index (χ3v) is 6.84. The van der Waals surface area contributed by atoms with Crippen LogP contribution in [0.4, 0.5) is 10.6 Å². The predicted octanol–water partition coefficient (Wildman–Crippen LogP) is 2.68. The van der Waals surface area contributed by atoms with Crippen molar-refractivity contribution < 1.29 is 24.2 Å². The molecule has 1 saturated heterocycles. The van der Waals surface area contributed by atoms with E-state index in [1.807, 2.05) is 30.3 Å². The van der Waals surface area contributed by atoms with Crippen molar-refractivity contribution in [3.63, 3.8) is 0 Å². The van der Waals surface area contributed by atoms with Gasteiger partial charge in [0.25, 0.3) is 0 Å². The third kappa shape index (κ3) is 8.88. The summed E-state index contributed by atoms with van der Waals surface area (Å²) in [4.78, 5) is 31.0. The van der Waals surface area contributed by atoms with Crippen molar-refractivity contribution in [2.75, 3.05) is 51.3 Å². The number of fused-ring (bicyclic) bond motifs is 1. The van der Waals surface area contributed by atoms with Crippen molar-refractivity contribution in [2.45, 2.75) is 50.6 Å². The smallest absolute Gasteiger partial charge is 0.326 e. The molecule has 0 aliphatic carbocycles. The molecule has 1 atom stereocenters. The summed E-state index contributed by atoms with van der Waals surface area (Å²) < 4.78 is 10.9. The Balaban J connectivity index is 1.25. The van der Waals surface area contributed by atoms with Crippen LogP contribution in [-0.2, 0) is 22.4 Å². The minimum Gasteiger partial charge on any atom is -0.492 e. The van der Waals surface area contributed by atoms with E-state index in [9.17, 15) is 14.7 Å². The lowest BCUT2D eigenvalue weighted by atomic mass is 10.1. The molecule has 0 spiro atoms. The number of aromatic nitrogens is 1. The molecule has 206 valence electrons. The number of aliphatic carboxylic acids is 1. The predicted molar refractivity (Wildman–Crippen MR) is 145 cm³/mol. The number of urea groups is 1. The minimum atomic E-state index is -1.04. The number of para-hydroxylation sites is 1. The first-order valence-electron chi connectivity index (χ1n) is 13.6. The quantitative estimate of drug-likeness (QED) is 0.262. The second-order valence-corrected chi connectivity index (χ2v) is 9.83. The standard InChI is InChI=1S/C28H39N5O5/c34-27(35)25(32-28(36)31-23-19-37-20-23)13-16-33(17-18-38-24-9-2-1-3-10-24)15-5-4-8-22-12-11-21-7-6-14-29-26(21)30-22/h1-3,9-12,23,25H,4-8,13-20H2,(H,29,30)(H,34,35)(H2,31,32,36)/t25-/m0/s1. The number of nitrogens with one attached hydrogen (secondary N) is 3. The Morgan fingerprint density at radius 1 is 1.13 bits per heavy atom. The number of benzene rings is 1. The second kappa shape index (κ2) is 14.5. The fourth-order valence-electron chi connectivity index (χ4n) is 4.57. The lowest BCUT2D eigenvalue weighted by Crippen LogP contribution is -2.55. The molecule has 0 saturated carbocycles. The number of aryl methyl sites for hydroxylation is 2. The number of amides is 2. The molecule has 2 aromatic rings. The van der Waals surface area contributed by atoms with Crippen molar-refractivity contribution in [3.05, 3.63) is 53.7 Å². The molecule has 2 aliphatic rings. The fraction of sp³-hybridized carbons (Fsp3) is 0.536. The molecule has 1 fully saturated rings. The Kier molecular flexibility index (Phi) is 10.6. The van der Waals surface area contributed by atoms with Gasteiger partial charge >= 0.3 is 12.0 Å². The van der Waals surface area contributed by atoms with Crippen LogP contribution in [-0.4, -0.2) is 85.1 Å². The zero-order valence-corrected chi connectivity index (χ0v) is 21.9. The van der Waals surface area contributed by atoms with Gasteiger partial charge in [0.05, 0.1) is 19.3 Å². The van der Waals surface area contributed by atoms with Crippen molar-refractivity contribution in [1.82, 2.24) is 20.5 Å². The van der Waals surface area contributed by atoms with E-state index in [4.69, 9.17) is 14.5 Å². The van der Waals surface area contributed by atoms with Gasteiger partial charge in [0.2, 0.25) is 0 Å². The van der Waals surface area contributed by atoms with Crippen LogP contribution in [0.3, 0.4) is 0 Å². The van der Waals surface area contributed by atoms with Crippen LogP contribution in [0.25, 0.3) is 0 Å². The molecule has 38 heavy (non-hydrogen) atoms. The molecule has 4 rings (SSSR count). The first kappa shape index (κ1) is 27.7. The summed E-state index contributed by atoms with van der Waals surface area (Å²) in [5.74, 6) is 0.786. The van der Waals surface area contributed by atoms with Gasteiger partial charge in [-0.2, -0.15) is 0 Å². The van der Waals surface area contributed by atoms with Gasteiger partial charge in [0, 0.05) is 25.3 Å². The molecule has 1 aromatic carbocycles. The van der Waals surface area contributed by atoms with Crippen molar-refractivity contribution in [3.8, 4) is 5.75 Å². The van der Waals surface area contributed by atoms with Gasteiger partial charge < -0.3 is 30.5 Å². The van der Waals surface area contributed by atoms with Crippen LogP contribution >= 0.6 is 0 Å². The Bertz CT molecular complexity index is 1030. The van der Waals surface area contributed by atoms with Gasteiger partial charge in [-0.15, -0.1) is 0 Å². The lowest BCUT2D eigenvalue weighted by Gasteiger charge is -2.28. The first-order valence-corrected chi connectivity index (χ1v) is 13.6. The molecular formula is C28H39N5O5. The highest BCUT2D eigenvalue weighted by atomic mass is 16.5. The Morgan fingerprint density at radius 3 is 2.74 bits per heavy atom. The summed E-state index contributed by atoms with van der Waals surface area (Å²) in [5, 5.41) is 18.4. The molecule has 0 bridgehead atoms. The summed E-state index contributed by atoms with van der Waals surface area (Å²) in [6, 6.07) is 12.4. The van der Waals surface area contributed by atoms with Gasteiger partial charge in [0.1, 0.15) is 24.2 Å². The van der Waals surface area contributed by atoms with Crippen LogP contribution in [0, 0.1) is 0 Å². The molecule has 4 N–H and O–H groups in total. The highest BCUT2D eigenvalue weighted by Gasteiger charge is 2.25. The molecular weight excluding hydrogens is 486 g/mol. The van der Waals surface area contributed by atoms with Crippen LogP contribution in [0.2, 0.25) is 0 Å². The number of carboxylic acids is 1. The van der Waals surface area contributed by atoms with Crippen LogP contribution in [0.5, 0.6) is 5.75 Å².